The molecule has 0 spiro atoms. The standard InChI is InChI=1S/C18H19FN2O3/c1-23-10-9-21(12-14-6-2-3-8-20-14)18(22)16-11-13-5-4-7-15(19)17(13)24-16/h2-8,16H,9-12H2,1H3/t16-/m0/s1. The van der Waals surface area contributed by atoms with Crippen molar-refractivity contribution in [3.8, 4) is 5.75 Å². The van der Waals surface area contributed by atoms with E-state index in [9.17, 15) is 9.18 Å². The SMILES string of the molecule is COCCN(Cc1ccccn1)C(=O)[C@@H]1Cc2cccc(F)c2O1. The molecule has 6 heteroatoms. The van der Waals surface area contributed by atoms with Crippen LogP contribution in [0.3, 0.4) is 0 Å². The highest BCUT2D eigenvalue weighted by molar-refractivity contribution is 5.82. The number of halogens is 1. The van der Waals surface area contributed by atoms with Gasteiger partial charge in [-0.15, -0.1) is 0 Å². The Hall–Kier alpha value is -2.47. The Balaban J connectivity index is 1.73. The zero-order chi connectivity index (χ0) is 16.9. The number of aromatic nitrogens is 1. The number of nitrogens with zero attached hydrogens (tertiary/aromatic N) is 2. The molecule has 0 saturated carbocycles. The van der Waals surface area contributed by atoms with Crippen molar-refractivity contribution in [2.75, 3.05) is 20.3 Å². The minimum Gasteiger partial charge on any atom is -0.477 e. The third-order valence-electron chi connectivity index (χ3n) is 3.95. The molecule has 0 radical (unpaired) electrons. The van der Waals surface area contributed by atoms with Crippen LogP contribution in [-0.2, 0) is 22.5 Å². The summed E-state index contributed by atoms with van der Waals surface area (Å²) >= 11 is 0. The van der Waals surface area contributed by atoms with Gasteiger partial charge in [0.05, 0.1) is 18.8 Å². The highest BCUT2D eigenvalue weighted by Crippen LogP contribution is 2.32. The number of rotatable bonds is 6. The Morgan fingerprint density at radius 1 is 1.38 bits per heavy atom. The fourth-order valence-corrected chi connectivity index (χ4v) is 2.73. The number of benzene rings is 1. The topological polar surface area (TPSA) is 51.7 Å². The molecule has 1 amide bonds. The zero-order valence-electron chi connectivity index (χ0n) is 13.4. The first-order chi connectivity index (χ1) is 11.7. The van der Waals surface area contributed by atoms with Crippen molar-refractivity contribution in [3.05, 3.63) is 59.7 Å². The number of carbonyl (C=O) groups excluding carboxylic acids is 1. The third-order valence-corrected chi connectivity index (χ3v) is 3.95. The van der Waals surface area contributed by atoms with Crippen LogP contribution in [0.15, 0.2) is 42.6 Å². The molecular formula is C18H19FN2O3. The van der Waals surface area contributed by atoms with Gasteiger partial charge in [-0.1, -0.05) is 18.2 Å². The van der Waals surface area contributed by atoms with E-state index in [0.717, 1.165) is 11.3 Å². The predicted molar refractivity (Wildman–Crippen MR) is 86.1 cm³/mol. The van der Waals surface area contributed by atoms with E-state index in [-0.39, 0.29) is 11.7 Å². The van der Waals surface area contributed by atoms with Gasteiger partial charge in [-0.2, -0.15) is 0 Å². The summed E-state index contributed by atoms with van der Waals surface area (Å²) in [5.74, 6) is -0.440. The number of hydrogen-bond donors (Lipinski definition) is 0. The average Bonchev–Trinajstić information content (AvgIpc) is 3.04. The number of methoxy groups -OCH3 is 1. The summed E-state index contributed by atoms with van der Waals surface area (Å²) in [5, 5.41) is 0. The molecule has 0 bridgehead atoms. The maximum absolute atomic E-state index is 13.8. The molecule has 0 saturated heterocycles. The van der Waals surface area contributed by atoms with Crippen molar-refractivity contribution in [3.63, 3.8) is 0 Å². The second-order valence-electron chi connectivity index (χ2n) is 5.61. The first-order valence-corrected chi connectivity index (χ1v) is 7.80. The normalized spacial score (nSPS) is 15.7. The van der Waals surface area contributed by atoms with Crippen molar-refractivity contribution >= 4 is 5.91 Å². The minimum atomic E-state index is -0.711. The van der Waals surface area contributed by atoms with Crippen LogP contribution in [0.2, 0.25) is 0 Å². The van der Waals surface area contributed by atoms with Crippen molar-refractivity contribution in [1.82, 2.24) is 9.88 Å². The van der Waals surface area contributed by atoms with Gasteiger partial charge in [0.25, 0.3) is 5.91 Å². The fraction of sp³-hybridized carbons (Fsp3) is 0.333. The molecule has 2 aromatic rings. The lowest BCUT2D eigenvalue weighted by Crippen LogP contribution is -2.42. The monoisotopic (exact) mass is 330 g/mol. The van der Waals surface area contributed by atoms with Gasteiger partial charge in [0, 0.05) is 31.8 Å². The van der Waals surface area contributed by atoms with Gasteiger partial charge in [0.1, 0.15) is 0 Å². The van der Waals surface area contributed by atoms with Crippen LogP contribution < -0.4 is 4.74 Å². The molecule has 0 fully saturated rings. The number of fused-ring (bicyclic) bond motifs is 1. The van der Waals surface area contributed by atoms with E-state index in [4.69, 9.17) is 9.47 Å². The number of carbonyl (C=O) groups is 1. The largest absolute Gasteiger partial charge is 0.477 e. The Kier molecular flexibility index (Phi) is 5.05. The van der Waals surface area contributed by atoms with Gasteiger partial charge in [-0.25, -0.2) is 4.39 Å². The fourth-order valence-electron chi connectivity index (χ4n) is 2.73. The molecular weight excluding hydrogens is 311 g/mol. The minimum absolute atomic E-state index is 0.181. The van der Waals surface area contributed by atoms with E-state index in [0.29, 0.717) is 26.1 Å². The number of para-hydroxylation sites is 1. The van der Waals surface area contributed by atoms with Crippen molar-refractivity contribution < 1.29 is 18.7 Å². The van der Waals surface area contributed by atoms with Gasteiger partial charge in [0.2, 0.25) is 0 Å². The molecule has 0 aliphatic carbocycles. The van der Waals surface area contributed by atoms with E-state index in [1.165, 1.54) is 6.07 Å². The first kappa shape index (κ1) is 16.4. The second-order valence-corrected chi connectivity index (χ2v) is 5.61. The summed E-state index contributed by atoms with van der Waals surface area (Å²) in [6.07, 6.45) is 1.35. The zero-order valence-corrected chi connectivity index (χ0v) is 13.4. The number of ether oxygens (including phenoxy) is 2. The van der Waals surface area contributed by atoms with E-state index in [1.54, 1.807) is 30.3 Å². The van der Waals surface area contributed by atoms with Gasteiger partial charge in [0.15, 0.2) is 17.7 Å². The van der Waals surface area contributed by atoms with Gasteiger partial charge in [-0.05, 0) is 18.2 Å². The van der Waals surface area contributed by atoms with E-state index < -0.39 is 11.9 Å². The van der Waals surface area contributed by atoms with Crippen LogP contribution in [0.4, 0.5) is 4.39 Å². The maximum Gasteiger partial charge on any atom is 0.264 e. The molecule has 1 aromatic heterocycles. The van der Waals surface area contributed by atoms with Crippen LogP contribution in [0.25, 0.3) is 0 Å². The number of amides is 1. The molecule has 126 valence electrons. The maximum atomic E-state index is 13.8. The molecule has 1 aliphatic heterocycles. The van der Waals surface area contributed by atoms with E-state index in [1.807, 2.05) is 18.2 Å². The predicted octanol–water partition coefficient (Wildman–Crippen LogP) is 2.20. The quantitative estimate of drug-likeness (QED) is 0.815. The van der Waals surface area contributed by atoms with Crippen LogP contribution in [0, 0.1) is 5.82 Å². The molecule has 1 aromatic carbocycles. The highest BCUT2D eigenvalue weighted by atomic mass is 19.1. The van der Waals surface area contributed by atoms with Gasteiger partial charge in [-0.3, -0.25) is 9.78 Å². The van der Waals surface area contributed by atoms with Crippen LogP contribution in [-0.4, -0.2) is 42.2 Å². The number of pyridine rings is 1. The molecule has 1 aliphatic rings. The van der Waals surface area contributed by atoms with Gasteiger partial charge < -0.3 is 14.4 Å². The second kappa shape index (κ2) is 7.40. The smallest absolute Gasteiger partial charge is 0.264 e. The highest BCUT2D eigenvalue weighted by Gasteiger charge is 2.34. The first-order valence-electron chi connectivity index (χ1n) is 7.80. The van der Waals surface area contributed by atoms with E-state index in [2.05, 4.69) is 4.98 Å². The summed E-state index contributed by atoms with van der Waals surface area (Å²) < 4.78 is 24.5. The Bertz CT molecular complexity index is 709. The van der Waals surface area contributed by atoms with Crippen molar-refractivity contribution in [2.45, 2.75) is 19.1 Å². The van der Waals surface area contributed by atoms with Gasteiger partial charge >= 0.3 is 0 Å². The molecule has 1 atom stereocenters. The Labute approximate surface area is 140 Å². The Morgan fingerprint density at radius 2 is 2.25 bits per heavy atom. The van der Waals surface area contributed by atoms with Crippen LogP contribution in [0.1, 0.15) is 11.3 Å². The molecule has 24 heavy (non-hydrogen) atoms. The Morgan fingerprint density at radius 3 is 2.96 bits per heavy atom. The lowest BCUT2D eigenvalue weighted by Gasteiger charge is -2.24. The van der Waals surface area contributed by atoms with Crippen molar-refractivity contribution in [2.24, 2.45) is 0 Å². The van der Waals surface area contributed by atoms with E-state index >= 15 is 0 Å². The summed E-state index contributed by atoms with van der Waals surface area (Å²) in [4.78, 5) is 18.7. The number of hydrogen-bond acceptors (Lipinski definition) is 4. The summed E-state index contributed by atoms with van der Waals surface area (Å²) in [7, 11) is 1.58. The molecule has 5 nitrogen and oxygen atoms in total. The molecule has 2 heterocycles. The van der Waals surface area contributed by atoms with Crippen LogP contribution >= 0.6 is 0 Å². The van der Waals surface area contributed by atoms with Crippen LogP contribution in [0.5, 0.6) is 5.75 Å². The average molecular weight is 330 g/mol. The molecule has 0 N–H and O–H groups in total. The lowest BCUT2D eigenvalue weighted by atomic mass is 10.1. The van der Waals surface area contributed by atoms with Crippen molar-refractivity contribution in [1.29, 1.82) is 0 Å². The summed E-state index contributed by atoms with van der Waals surface area (Å²) in [5.41, 5.74) is 1.50. The summed E-state index contributed by atoms with van der Waals surface area (Å²) in [6.45, 7) is 1.19. The molecule has 0 unspecified atom stereocenters. The molecule has 3 rings (SSSR count). The third kappa shape index (κ3) is 3.54. The lowest BCUT2D eigenvalue weighted by molar-refractivity contribution is -0.139. The summed E-state index contributed by atoms with van der Waals surface area (Å²) in [6, 6.07) is 10.3.